The molecule has 0 bridgehead atoms. The van der Waals surface area contributed by atoms with Gasteiger partial charge in [-0.3, -0.25) is 0 Å². The molecule has 39 heavy (non-hydrogen) atoms. The summed E-state index contributed by atoms with van der Waals surface area (Å²) in [5.41, 5.74) is -0.228. The Bertz CT molecular complexity index is 505. The predicted molar refractivity (Wildman–Crippen MR) is 148 cm³/mol. The van der Waals surface area contributed by atoms with Crippen molar-refractivity contribution in [2.24, 2.45) is 11.8 Å². The van der Waals surface area contributed by atoms with E-state index in [0.29, 0.717) is 124 Å². The third-order valence-corrected chi connectivity index (χ3v) is 8.12. The molecule has 1 heterocycles. The van der Waals surface area contributed by atoms with Gasteiger partial charge in [0.1, 0.15) is 0 Å². The van der Waals surface area contributed by atoms with Crippen LogP contribution >= 0.6 is 0 Å². The second-order valence-corrected chi connectivity index (χ2v) is 10.8. The number of hydrogen-bond acceptors (Lipinski definition) is 9. The van der Waals surface area contributed by atoms with E-state index in [1.807, 2.05) is 0 Å². The van der Waals surface area contributed by atoms with Crippen LogP contribution in [0.3, 0.4) is 0 Å². The summed E-state index contributed by atoms with van der Waals surface area (Å²) in [7, 11) is 0. The van der Waals surface area contributed by atoms with Gasteiger partial charge in [0.15, 0.2) is 0 Å². The average molecular weight is 561 g/mol. The molecule has 0 atom stereocenters. The molecule has 2 aliphatic carbocycles. The number of ether oxygens (including phenoxy) is 9. The lowest BCUT2D eigenvalue weighted by Crippen LogP contribution is -2.53. The van der Waals surface area contributed by atoms with E-state index in [0.717, 1.165) is 0 Å². The summed E-state index contributed by atoms with van der Waals surface area (Å²) < 4.78 is 52.7. The smallest absolute Gasteiger partial charge is 0.0971 e. The molecule has 9 nitrogen and oxygen atoms in total. The van der Waals surface area contributed by atoms with Gasteiger partial charge in [-0.15, -0.1) is 0 Å². The zero-order chi connectivity index (χ0) is 27.1. The Hall–Kier alpha value is -0.360. The van der Waals surface area contributed by atoms with E-state index >= 15 is 0 Å². The molecule has 0 N–H and O–H groups in total. The van der Waals surface area contributed by atoms with Gasteiger partial charge in [0.2, 0.25) is 0 Å². The van der Waals surface area contributed by atoms with Crippen molar-refractivity contribution >= 4 is 0 Å². The van der Waals surface area contributed by atoms with E-state index in [1.165, 1.54) is 64.2 Å². The molecule has 3 aliphatic rings. The number of hydrogen-bond donors (Lipinski definition) is 0. The second-order valence-electron chi connectivity index (χ2n) is 10.8. The Morgan fingerprint density at radius 1 is 0.308 bits per heavy atom. The van der Waals surface area contributed by atoms with Crippen LogP contribution in [0.15, 0.2) is 0 Å². The van der Waals surface area contributed by atoms with Crippen molar-refractivity contribution in [3.63, 3.8) is 0 Å². The molecule has 2 saturated carbocycles. The maximum absolute atomic E-state index is 6.88. The third-order valence-electron chi connectivity index (χ3n) is 8.12. The maximum atomic E-state index is 6.88. The Kier molecular flexibility index (Phi) is 18.9. The monoisotopic (exact) mass is 560 g/mol. The van der Waals surface area contributed by atoms with Gasteiger partial charge in [-0.25, -0.2) is 0 Å². The highest BCUT2D eigenvalue weighted by Crippen LogP contribution is 2.45. The first-order valence-corrected chi connectivity index (χ1v) is 15.7. The fraction of sp³-hybridized carbons (Fsp3) is 1.00. The molecule has 0 aromatic rings. The first-order valence-electron chi connectivity index (χ1n) is 15.7. The van der Waals surface area contributed by atoms with Crippen LogP contribution in [-0.2, 0) is 42.6 Å². The van der Waals surface area contributed by atoms with Crippen LogP contribution in [0.5, 0.6) is 0 Å². The molecule has 0 radical (unpaired) electrons. The standard InChI is InChI=1S/C30H56O9/c1-3-7-28(8-4-1)30(29-9-5-2-6-10-29)27-38-24-23-36-20-19-34-16-15-32-12-11-31-13-14-33-17-18-35-21-22-37-25-26-39-30/h28-29H,1-27H2. The molecule has 0 unspecified atom stereocenters. The first-order chi connectivity index (χ1) is 19.4. The Balaban J connectivity index is 1.49. The van der Waals surface area contributed by atoms with Crippen LogP contribution in [0.25, 0.3) is 0 Å². The van der Waals surface area contributed by atoms with Gasteiger partial charge >= 0.3 is 0 Å². The highest BCUT2D eigenvalue weighted by atomic mass is 16.6. The SMILES string of the molecule is C1CCC(C2(C3CCCCC3)COCCOCCOCCOCCOCCOCCOCCOCCO2)CC1. The van der Waals surface area contributed by atoms with Crippen LogP contribution in [0.4, 0.5) is 0 Å². The topological polar surface area (TPSA) is 83.1 Å². The molecule has 3 rings (SSSR count). The largest absolute Gasteiger partial charge is 0.377 e. The van der Waals surface area contributed by atoms with E-state index in [-0.39, 0.29) is 5.60 Å². The zero-order valence-electron chi connectivity index (χ0n) is 24.4. The minimum Gasteiger partial charge on any atom is -0.377 e. The van der Waals surface area contributed by atoms with Crippen LogP contribution in [-0.4, -0.2) is 118 Å². The van der Waals surface area contributed by atoms with Gasteiger partial charge in [0.25, 0.3) is 0 Å². The highest BCUT2D eigenvalue weighted by Gasteiger charge is 2.47. The van der Waals surface area contributed by atoms with Crippen molar-refractivity contribution < 1.29 is 42.6 Å². The van der Waals surface area contributed by atoms with Crippen LogP contribution < -0.4 is 0 Å². The quantitative estimate of drug-likeness (QED) is 0.497. The summed E-state index contributed by atoms with van der Waals surface area (Å²) in [5.74, 6) is 1.10. The normalized spacial score (nSPS) is 27.4. The van der Waals surface area contributed by atoms with Gasteiger partial charge in [-0.1, -0.05) is 38.5 Å². The lowest BCUT2D eigenvalue weighted by Gasteiger charge is -2.48. The maximum Gasteiger partial charge on any atom is 0.0971 e. The number of rotatable bonds is 2. The summed E-state index contributed by atoms with van der Waals surface area (Å²) in [6.07, 6.45) is 12.8. The van der Waals surface area contributed by atoms with Gasteiger partial charge in [0, 0.05) is 0 Å². The molecule has 0 aromatic heterocycles. The van der Waals surface area contributed by atoms with Crippen LogP contribution in [0, 0.1) is 11.8 Å². The molecular formula is C30H56O9. The van der Waals surface area contributed by atoms with Gasteiger partial charge in [-0.05, 0) is 37.5 Å². The summed E-state index contributed by atoms with van der Waals surface area (Å²) >= 11 is 0. The van der Waals surface area contributed by atoms with E-state index < -0.39 is 0 Å². The van der Waals surface area contributed by atoms with E-state index in [4.69, 9.17) is 42.6 Å². The Morgan fingerprint density at radius 2 is 0.590 bits per heavy atom. The third kappa shape index (κ3) is 13.9. The van der Waals surface area contributed by atoms with E-state index in [1.54, 1.807) is 0 Å². The van der Waals surface area contributed by atoms with Crippen molar-refractivity contribution in [2.75, 3.05) is 112 Å². The van der Waals surface area contributed by atoms with Crippen molar-refractivity contribution in [1.82, 2.24) is 0 Å². The van der Waals surface area contributed by atoms with Crippen LogP contribution in [0.1, 0.15) is 64.2 Å². The van der Waals surface area contributed by atoms with Crippen molar-refractivity contribution in [1.29, 1.82) is 0 Å². The fourth-order valence-electron chi connectivity index (χ4n) is 6.09. The first kappa shape index (κ1) is 33.1. The van der Waals surface area contributed by atoms with E-state index in [2.05, 4.69) is 0 Å². The van der Waals surface area contributed by atoms with Gasteiger partial charge in [0.05, 0.1) is 118 Å². The summed E-state index contributed by atoms with van der Waals surface area (Å²) in [4.78, 5) is 0. The molecule has 0 aromatic carbocycles. The molecule has 9 heteroatoms. The zero-order valence-corrected chi connectivity index (χ0v) is 24.4. The summed E-state index contributed by atoms with van der Waals surface area (Å²) in [6, 6.07) is 0. The minimum atomic E-state index is -0.228. The second kappa shape index (κ2) is 22.3. The summed E-state index contributed by atoms with van der Waals surface area (Å²) in [5, 5.41) is 0. The molecular weight excluding hydrogens is 504 g/mol. The average Bonchev–Trinajstić information content (AvgIpc) is 2.98. The highest BCUT2D eigenvalue weighted by molar-refractivity contribution is 4.97. The molecule has 0 amide bonds. The van der Waals surface area contributed by atoms with Crippen molar-refractivity contribution in [3.8, 4) is 0 Å². The van der Waals surface area contributed by atoms with Gasteiger partial charge < -0.3 is 42.6 Å². The fourth-order valence-corrected chi connectivity index (χ4v) is 6.09. The lowest BCUT2D eigenvalue weighted by atomic mass is 9.66. The minimum absolute atomic E-state index is 0.228. The Morgan fingerprint density at radius 3 is 0.923 bits per heavy atom. The summed E-state index contributed by atoms with van der Waals surface area (Å²) in [6.45, 7) is 9.58. The van der Waals surface area contributed by atoms with Crippen molar-refractivity contribution in [2.45, 2.75) is 69.8 Å². The van der Waals surface area contributed by atoms with Crippen LogP contribution in [0.2, 0.25) is 0 Å². The van der Waals surface area contributed by atoms with E-state index in [9.17, 15) is 0 Å². The molecule has 0 spiro atoms. The Labute approximate surface area is 236 Å². The lowest BCUT2D eigenvalue weighted by molar-refractivity contribution is -0.186. The molecule has 230 valence electrons. The molecule has 3 fully saturated rings. The molecule has 1 saturated heterocycles. The van der Waals surface area contributed by atoms with Crippen molar-refractivity contribution in [3.05, 3.63) is 0 Å². The molecule has 1 aliphatic heterocycles. The van der Waals surface area contributed by atoms with Gasteiger partial charge in [-0.2, -0.15) is 0 Å². The predicted octanol–water partition coefficient (Wildman–Crippen LogP) is 4.05.